The number of carbonyl (C=O) groups excluding carboxylic acids is 1. The number of nitrogens with zero attached hydrogens (tertiary/aromatic N) is 3. The fourth-order valence-electron chi connectivity index (χ4n) is 3.10. The van der Waals surface area contributed by atoms with Gasteiger partial charge in [0, 0.05) is 31.1 Å². The highest BCUT2D eigenvalue weighted by molar-refractivity contribution is 5.91. The van der Waals surface area contributed by atoms with Crippen molar-refractivity contribution in [2.75, 3.05) is 17.2 Å². The average molecular weight is 472 g/mol. The lowest BCUT2D eigenvalue weighted by atomic mass is 10.3. The maximum atomic E-state index is 12.3. The molecule has 0 bridgehead atoms. The van der Waals surface area contributed by atoms with Crippen molar-refractivity contribution in [3.63, 3.8) is 0 Å². The molecule has 0 atom stereocenters. The number of pyridine rings is 1. The minimum atomic E-state index is -4.75. The first-order valence-electron chi connectivity index (χ1n) is 9.93. The Morgan fingerprint density at radius 2 is 1.76 bits per heavy atom. The van der Waals surface area contributed by atoms with Gasteiger partial charge in [0.15, 0.2) is 0 Å². The van der Waals surface area contributed by atoms with Crippen molar-refractivity contribution < 1.29 is 27.4 Å². The monoisotopic (exact) mass is 472 g/mol. The lowest BCUT2D eigenvalue weighted by Gasteiger charge is -2.10. The second-order valence-corrected chi connectivity index (χ2v) is 7.07. The van der Waals surface area contributed by atoms with Crippen LogP contribution in [0.4, 0.5) is 30.6 Å². The van der Waals surface area contributed by atoms with Crippen molar-refractivity contribution in [1.82, 2.24) is 14.5 Å². The minimum absolute atomic E-state index is 0.162. The summed E-state index contributed by atoms with van der Waals surface area (Å²) in [7, 11) is 1.80. The third kappa shape index (κ3) is 5.53. The number of amides is 1. The van der Waals surface area contributed by atoms with E-state index in [1.807, 2.05) is 6.07 Å². The molecule has 0 saturated carbocycles. The van der Waals surface area contributed by atoms with E-state index in [9.17, 15) is 18.0 Å². The number of ether oxygens (including phenoxy) is 2. The number of imidazole rings is 1. The summed E-state index contributed by atoms with van der Waals surface area (Å²) in [6, 6.07) is 13.9. The van der Waals surface area contributed by atoms with Crippen LogP contribution in [0.3, 0.4) is 0 Å². The van der Waals surface area contributed by atoms with Crippen LogP contribution in [0.1, 0.15) is 0 Å². The molecule has 4 N–H and O–H groups in total. The zero-order valence-corrected chi connectivity index (χ0v) is 17.8. The summed E-state index contributed by atoms with van der Waals surface area (Å²) in [5.74, 6) is 1.07. The van der Waals surface area contributed by atoms with Crippen LogP contribution in [0.5, 0.6) is 17.2 Å². The van der Waals surface area contributed by atoms with Gasteiger partial charge in [0.05, 0.1) is 17.6 Å². The quantitative estimate of drug-likeness (QED) is 0.367. The number of aromatic nitrogens is 3. The topological polar surface area (TPSA) is 116 Å². The second-order valence-electron chi connectivity index (χ2n) is 7.07. The molecule has 0 radical (unpaired) electrons. The molecular weight excluding hydrogens is 453 g/mol. The molecule has 176 valence electrons. The van der Waals surface area contributed by atoms with Crippen molar-refractivity contribution in [3.05, 3.63) is 60.8 Å². The molecule has 0 fully saturated rings. The SMILES string of the molecule is Cn1c(Nc2ccc(OC(F)(F)F)cc2)nc2cc(Oc3ccnc(NC(=O)CN)c3)ccc21. The number of benzene rings is 2. The van der Waals surface area contributed by atoms with Gasteiger partial charge in [0.25, 0.3) is 0 Å². The van der Waals surface area contributed by atoms with Crippen LogP contribution in [0, 0.1) is 0 Å². The van der Waals surface area contributed by atoms with Gasteiger partial charge in [-0.1, -0.05) is 0 Å². The molecule has 4 rings (SSSR count). The summed E-state index contributed by atoms with van der Waals surface area (Å²) in [4.78, 5) is 20.0. The van der Waals surface area contributed by atoms with Crippen molar-refractivity contribution in [1.29, 1.82) is 0 Å². The number of aryl methyl sites for hydroxylation is 1. The summed E-state index contributed by atoms with van der Waals surface area (Å²) < 4.78 is 48.5. The number of nitrogens with two attached hydrogens (primary N) is 1. The Labute approximate surface area is 191 Å². The zero-order chi connectivity index (χ0) is 24.3. The molecule has 0 aliphatic heterocycles. The Hall–Kier alpha value is -4.32. The van der Waals surface area contributed by atoms with Crippen molar-refractivity contribution >= 4 is 34.4 Å². The first-order valence-corrected chi connectivity index (χ1v) is 9.93. The molecule has 0 aliphatic rings. The Morgan fingerprint density at radius 3 is 2.47 bits per heavy atom. The van der Waals surface area contributed by atoms with E-state index in [1.54, 1.807) is 35.9 Å². The van der Waals surface area contributed by atoms with E-state index < -0.39 is 6.36 Å². The number of fused-ring (bicyclic) bond motifs is 1. The Morgan fingerprint density at radius 1 is 1.06 bits per heavy atom. The van der Waals surface area contributed by atoms with Gasteiger partial charge in [-0.05, 0) is 42.5 Å². The zero-order valence-electron chi connectivity index (χ0n) is 17.8. The van der Waals surface area contributed by atoms with Crippen LogP contribution < -0.4 is 25.8 Å². The molecule has 4 aromatic rings. The first-order chi connectivity index (χ1) is 16.2. The van der Waals surface area contributed by atoms with E-state index in [4.69, 9.17) is 10.5 Å². The third-order valence-corrected chi connectivity index (χ3v) is 4.62. The van der Waals surface area contributed by atoms with Gasteiger partial charge in [-0.2, -0.15) is 0 Å². The highest BCUT2D eigenvalue weighted by Crippen LogP contribution is 2.29. The van der Waals surface area contributed by atoms with Crippen LogP contribution >= 0.6 is 0 Å². The van der Waals surface area contributed by atoms with E-state index in [0.29, 0.717) is 34.5 Å². The van der Waals surface area contributed by atoms with Crippen LogP contribution in [-0.4, -0.2) is 33.3 Å². The summed E-state index contributed by atoms with van der Waals surface area (Å²) in [6.45, 7) is -0.162. The molecule has 34 heavy (non-hydrogen) atoms. The van der Waals surface area contributed by atoms with Gasteiger partial charge < -0.3 is 30.4 Å². The molecule has 0 aliphatic carbocycles. The van der Waals surface area contributed by atoms with E-state index in [2.05, 4.69) is 25.3 Å². The Bertz CT molecular complexity index is 1320. The molecule has 0 unspecified atom stereocenters. The standard InChI is InChI=1S/C22H19F3N6O3/c1-31-18-7-6-15(33-16-8-9-27-19(11-16)30-20(32)12-26)10-17(18)29-21(31)28-13-2-4-14(5-3-13)34-22(23,24)25/h2-11H,12,26H2,1H3,(H,28,29)(H,27,30,32). The molecule has 9 nitrogen and oxygen atoms in total. The van der Waals surface area contributed by atoms with Crippen molar-refractivity contribution in [2.45, 2.75) is 6.36 Å². The van der Waals surface area contributed by atoms with Crippen molar-refractivity contribution in [3.8, 4) is 17.2 Å². The molecule has 2 heterocycles. The number of nitrogens with one attached hydrogen (secondary N) is 2. The number of hydrogen-bond donors (Lipinski definition) is 3. The number of carbonyl (C=O) groups is 1. The van der Waals surface area contributed by atoms with Crippen LogP contribution in [0.25, 0.3) is 11.0 Å². The molecule has 1 amide bonds. The van der Waals surface area contributed by atoms with E-state index in [1.165, 1.54) is 30.5 Å². The summed E-state index contributed by atoms with van der Waals surface area (Å²) in [6.07, 6.45) is -3.25. The smallest absolute Gasteiger partial charge is 0.457 e. The number of halogens is 3. The molecule has 0 spiro atoms. The van der Waals surface area contributed by atoms with Crippen LogP contribution in [0.2, 0.25) is 0 Å². The number of anilines is 3. The normalized spacial score (nSPS) is 11.3. The van der Waals surface area contributed by atoms with Gasteiger partial charge in [-0.3, -0.25) is 4.79 Å². The fraction of sp³-hybridized carbons (Fsp3) is 0.136. The average Bonchev–Trinajstić information content (AvgIpc) is 3.09. The maximum Gasteiger partial charge on any atom is 0.573 e. The molecule has 0 saturated heterocycles. The fourth-order valence-corrected chi connectivity index (χ4v) is 3.10. The third-order valence-electron chi connectivity index (χ3n) is 4.62. The Kier molecular flexibility index (Phi) is 6.23. The highest BCUT2D eigenvalue weighted by atomic mass is 19.4. The van der Waals surface area contributed by atoms with E-state index in [0.717, 1.165) is 5.52 Å². The predicted molar refractivity (Wildman–Crippen MR) is 119 cm³/mol. The number of alkyl halides is 3. The van der Waals surface area contributed by atoms with Gasteiger partial charge in [-0.25, -0.2) is 9.97 Å². The largest absolute Gasteiger partial charge is 0.573 e. The Balaban J connectivity index is 1.50. The first kappa shape index (κ1) is 22.9. The molecule has 2 aromatic carbocycles. The van der Waals surface area contributed by atoms with Gasteiger partial charge in [0.1, 0.15) is 23.1 Å². The van der Waals surface area contributed by atoms with Gasteiger partial charge in [0.2, 0.25) is 11.9 Å². The lowest BCUT2D eigenvalue weighted by molar-refractivity contribution is -0.274. The molecular formula is C22H19F3N6O3. The predicted octanol–water partition coefficient (Wildman–Crippen LogP) is 4.30. The van der Waals surface area contributed by atoms with Crippen LogP contribution in [-0.2, 0) is 11.8 Å². The highest BCUT2D eigenvalue weighted by Gasteiger charge is 2.31. The van der Waals surface area contributed by atoms with E-state index in [-0.39, 0.29) is 18.2 Å². The van der Waals surface area contributed by atoms with Gasteiger partial charge >= 0.3 is 6.36 Å². The van der Waals surface area contributed by atoms with Gasteiger partial charge in [-0.15, -0.1) is 13.2 Å². The van der Waals surface area contributed by atoms with Crippen molar-refractivity contribution in [2.24, 2.45) is 12.8 Å². The van der Waals surface area contributed by atoms with E-state index >= 15 is 0 Å². The number of rotatable bonds is 7. The summed E-state index contributed by atoms with van der Waals surface area (Å²) >= 11 is 0. The maximum absolute atomic E-state index is 12.3. The molecule has 2 aromatic heterocycles. The summed E-state index contributed by atoms with van der Waals surface area (Å²) in [5, 5.41) is 5.62. The minimum Gasteiger partial charge on any atom is -0.457 e. The number of hydrogen-bond acceptors (Lipinski definition) is 7. The lowest BCUT2D eigenvalue weighted by Crippen LogP contribution is -2.22. The molecule has 12 heteroatoms. The van der Waals surface area contributed by atoms with Crippen LogP contribution in [0.15, 0.2) is 60.8 Å². The summed E-state index contributed by atoms with van der Waals surface area (Å²) in [5.41, 5.74) is 7.26. The second kappa shape index (κ2) is 9.27.